The normalized spacial score (nSPS) is 27.4. The zero-order valence-electron chi connectivity index (χ0n) is 16.4. The van der Waals surface area contributed by atoms with Crippen molar-refractivity contribution in [3.05, 3.63) is 54.0 Å². The van der Waals surface area contributed by atoms with Gasteiger partial charge in [0.15, 0.2) is 6.29 Å². The third-order valence-electron chi connectivity index (χ3n) is 4.93. The average Bonchev–Trinajstić information content (AvgIpc) is 3.37. The standard InChI is InChI=1S/C13H16O5.C6H6N4.CH3Cl/c14-9-6-17-13(11(9)16)12-8-4-2-1-3-7(8)5-10(15)18-12;7-5-4-1-2-8-6(4)10-3-9-5;1-2/h1-4,9-16H,5-6H2;1-3H,(H3,7,8,9,10);1H3. The molecule has 5 rings (SSSR count). The molecule has 0 bridgehead atoms. The highest BCUT2D eigenvalue weighted by atomic mass is 35.5. The lowest BCUT2D eigenvalue weighted by Crippen LogP contribution is -2.39. The number of aliphatic hydroxyl groups is 3. The van der Waals surface area contributed by atoms with E-state index >= 15 is 0 Å². The summed E-state index contributed by atoms with van der Waals surface area (Å²) in [5.74, 6) is 0.520. The van der Waals surface area contributed by atoms with Gasteiger partial charge in [-0.05, 0) is 17.2 Å². The fourth-order valence-corrected chi connectivity index (χ4v) is 3.52. The number of aliphatic hydroxyl groups excluding tert-OH is 3. The van der Waals surface area contributed by atoms with Crippen LogP contribution in [0.15, 0.2) is 42.9 Å². The molecule has 10 heteroatoms. The predicted molar refractivity (Wildman–Crippen MR) is 112 cm³/mol. The fourth-order valence-electron chi connectivity index (χ4n) is 3.52. The molecule has 5 atom stereocenters. The number of fused-ring (bicyclic) bond motifs is 2. The van der Waals surface area contributed by atoms with Crippen LogP contribution in [0.5, 0.6) is 0 Å². The third kappa shape index (κ3) is 4.72. The summed E-state index contributed by atoms with van der Waals surface area (Å²) in [7, 11) is 0. The van der Waals surface area contributed by atoms with Crippen molar-refractivity contribution >= 4 is 28.5 Å². The minimum absolute atomic E-state index is 0.0873. The summed E-state index contributed by atoms with van der Waals surface area (Å²) in [6, 6.07) is 9.45. The number of hydrogen-bond acceptors (Lipinski definition) is 8. The Morgan fingerprint density at radius 2 is 1.90 bits per heavy atom. The first-order valence-electron chi connectivity index (χ1n) is 9.35. The van der Waals surface area contributed by atoms with Gasteiger partial charge in [0.1, 0.15) is 42.2 Å². The number of aromatic nitrogens is 3. The highest BCUT2D eigenvalue weighted by molar-refractivity contribution is 6.15. The number of halogens is 1. The Kier molecular flexibility index (Phi) is 7.59. The molecule has 1 fully saturated rings. The first-order chi connectivity index (χ1) is 14.5. The highest BCUT2D eigenvalue weighted by Crippen LogP contribution is 2.36. The van der Waals surface area contributed by atoms with Gasteiger partial charge < -0.3 is 35.5 Å². The molecule has 0 aliphatic carbocycles. The molecule has 1 aromatic carbocycles. The van der Waals surface area contributed by atoms with Crippen molar-refractivity contribution in [3.63, 3.8) is 0 Å². The van der Waals surface area contributed by atoms with Crippen molar-refractivity contribution in [3.8, 4) is 0 Å². The SMILES string of the molecule is CCl.Nc1ncnc2[nH]ccc12.OC1Cc2ccccc2C(C2OCC(O)C2O)O1. The quantitative estimate of drug-likeness (QED) is 0.357. The topological polar surface area (TPSA) is 147 Å². The van der Waals surface area contributed by atoms with Gasteiger partial charge in [0.2, 0.25) is 0 Å². The molecule has 162 valence electrons. The van der Waals surface area contributed by atoms with E-state index < -0.39 is 30.7 Å². The summed E-state index contributed by atoms with van der Waals surface area (Å²) in [6.07, 6.45) is 1.15. The van der Waals surface area contributed by atoms with E-state index in [1.807, 2.05) is 30.3 Å². The van der Waals surface area contributed by atoms with Crippen molar-refractivity contribution < 1.29 is 24.8 Å². The average molecular weight is 437 g/mol. The second kappa shape index (κ2) is 10.2. The number of anilines is 1. The molecule has 0 radical (unpaired) electrons. The van der Waals surface area contributed by atoms with Crippen LogP contribution >= 0.6 is 11.6 Å². The maximum atomic E-state index is 9.88. The summed E-state index contributed by atoms with van der Waals surface area (Å²) in [6.45, 7) is 0.0873. The van der Waals surface area contributed by atoms with Crippen LogP contribution in [0, 0.1) is 0 Å². The van der Waals surface area contributed by atoms with Crippen molar-refractivity contribution in [2.75, 3.05) is 18.7 Å². The summed E-state index contributed by atoms with van der Waals surface area (Å²) < 4.78 is 10.9. The second-order valence-corrected chi connectivity index (χ2v) is 6.77. The van der Waals surface area contributed by atoms with Gasteiger partial charge in [-0.25, -0.2) is 9.97 Å². The van der Waals surface area contributed by atoms with Gasteiger partial charge in [-0.15, -0.1) is 11.6 Å². The summed E-state index contributed by atoms with van der Waals surface area (Å²) in [4.78, 5) is 10.7. The van der Waals surface area contributed by atoms with Crippen LogP contribution in [0.25, 0.3) is 11.0 Å². The van der Waals surface area contributed by atoms with Gasteiger partial charge in [-0.1, -0.05) is 24.3 Å². The van der Waals surface area contributed by atoms with Crippen LogP contribution in [0.4, 0.5) is 5.82 Å². The Labute approximate surface area is 178 Å². The van der Waals surface area contributed by atoms with E-state index in [2.05, 4.69) is 26.6 Å². The lowest BCUT2D eigenvalue weighted by Gasteiger charge is -2.33. The lowest BCUT2D eigenvalue weighted by molar-refractivity contribution is -0.187. The number of nitrogens with zero attached hydrogens (tertiary/aromatic N) is 2. The Hall–Kier alpha value is -2.27. The summed E-state index contributed by atoms with van der Waals surface area (Å²) in [5.41, 5.74) is 8.20. The Bertz CT molecular complexity index is 956. The summed E-state index contributed by atoms with van der Waals surface area (Å²) in [5, 5.41) is 30.0. The largest absolute Gasteiger partial charge is 0.388 e. The van der Waals surface area contributed by atoms with Crippen LogP contribution in [0.2, 0.25) is 0 Å². The van der Waals surface area contributed by atoms with E-state index in [9.17, 15) is 15.3 Å². The molecule has 6 N–H and O–H groups in total. The highest BCUT2D eigenvalue weighted by Gasteiger charge is 2.43. The molecule has 2 aromatic heterocycles. The van der Waals surface area contributed by atoms with E-state index in [0.717, 1.165) is 22.2 Å². The minimum atomic E-state index is -0.992. The van der Waals surface area contributed by atoms with E-state index in [4.69, 9.17) is 15.2 Å². The van der Waals surface area contributed by atoms with E-state index in [1.165, 1.54) is 12.7 Å². The molecule has 2 aliphatic rings. The number of rotatable bonds is 1. The predicted octanol–water partition coefficient (Wildman–Crippen LogP) is 1.13. The molecule has 1 saturated heterocycles. The third-order valence-corrected chi connectivity index (χ3v) is 4.93. The number of nitrogens with one attached hydrogen (secondary N) is 1. The maximum absolute atomic E-state index is 9.88. The molecule has 3 aromatic rings. The van der Waals surface area contributed by atoms with Crippen molar-refractivity contribution in [2.45, 2.75) is 37.1 Å². The molecular weight excluding hydrogens is 412 g/mol. The Morgan fingerprint density at radius 3 is 2.60 bits per heavy atom. The fraction of sp³-hybridized carbons (Fsp3) is 0.400. The molecule has 9 nitrogen and oxygen atoms in total. The van der Waals surface area contributed by atoms with Crippen LogP contribution in [-0.4, -0.2) is 67.9 Å². The van der Waals surface area contributed by atoms with Gasteiger partial charge in [-0.3, -0.25) is 0 Å². The molecule has 0 spiro atoms. The number of H-pyrrole nitrogens is 1. The first kappa shape index (κ1) is 22.4. The lowest BCUT2D eigenvalue weighted by atomic mass is 9.91. The van der Waals surface area contributed by atoms with Crippen LogP contribution in [0.1, 0.15) is 17.2 Å². The van der Waals surface area contributed by atoms with Gasteiger partial charge >= 0.3 is 0 Å². The van der Waals surface area contributed by atoms with Crippen molar-refractivity contribution in [1.29, 1.82) is 0 Å². The minimum Gasteiger partial charge on any atom is -0.388 e. The zero-order chi connectivity index (χ0) is 21.7. The van der Waals surface area contributed by atoms with E-state index in [0.29, 0.717) is 12.2 Å². The number of nitrogen functional groups attached to an aromatic ring is 1. The smallest absolute Gasteiger partial charge is 0.159 e. The van der Waals surface area contributed by atoms with Gasteiger partial charge in [0.05, 0.1) is 12.0 Å². The number of hydrogen-bond donors (Lipinski definition) is 5. The molecule has 2 aliphatic heterocycles. The van der Waals surface area contributed by atoms with E-state index in [-0.39, 0.29) is 6.61 Å². The van der Waals surface area contributed by atoms with Crippen LogP contribution < -0.4 is 5.73 Å². The Balaban J connectivity index is 0.000000180. The number of alkyl halides is 1. The van der Waals surface area contributed by atoms with Gasteiger partial charge in [0, 0.05) is 19.0 Å². The van der Waals surface area contributed by atoms with Gasteiger partial charge in [0.25, 0.3) is 0 Å². The Morgan fingerprint density at radius 1 is 1.13 bits per heavy atom. The number of benzene rings is 1. The molecule has 0 saturated carbocycles. The second-order valence-electron chi connectivity index (χ2n) is 6.77. The molecular formula is C20H25ClN4O5. The first-order valence-corrected chi connectivity index (χ1v) is 10.1. The summed E-state index contributed by atoms with van der Waals surface area (Å²) >= 11 is 4.64. The molecule has 4 heterocycles. The number of ether oxygens (including phenoxy) is 2. The van der Waals surface area contributed by atoms with E-state index in [1.54, 1.807) is 6.20 Å². The van der Waals surface area contributed by atoms with Crippen LogP contribution in [0.3, 0.4) is 0 Å². The van der Waals surface area contributed by atoms with Gasteiger partial charge in [-0.2, -0.15) is 0 Å². The van der Waals surface area contributed by atoms with Crippen molar-refractivity contribution in [2.24, 2.45) is 0 Å². The zero-order valence-corrected chi connectivity index (χ0v) is 17.1. The molecule has 30 heavy (non-hydrogen) atoms. The molecule has 0 amide bonds. The van der Waals surface area contributed by atoms with Crippen molar-refractivity contribution in [1.82, 2.24) is 15.0 Å². The number of nitrogens with two attached hydrogens (primary N) is 1. The molecule has 5 unspecified atom stereocenters. The maximum Gasteiger partial charge on any atom is 0.159 e. The van der Waals surface area contributed by atoms with Crippen LogP contribution in [-0.2, 0) is 15.9 Å². The number of aromatic amines is 1. The monoisotopic (exact) mass is 436 g/mol.